The second kappa shape index (κ2) is 11.5. The molecule has 4 heteroatoms. The number of hydrogen-bond acceptors (Lipinski definition) is 4. The van der Waals surface area contributed by atoms with Crippen molar-refractivity contribution in [3.63, 3.8) is 0 Å². The molecule has 1 aliphatic heterocycles. The Balaban J connectivity index is 1.29. The first-order valence-corrected chi connectivity index (χ1v) is 12.1. The molecule has 0 spiro atoms. The third kappa shape index (κ3) is 6.44. The van der Waals surface area contributed by atoms with Crippen molar-refractivity contribution < 1.29 is 9.84 Å². The molecular weight excluding hydrogens is 408 g/mol. The van der Waals surface area contributed by atoms with Gasteiger partial charge in [0, 0.05) is 32.7 Å². The Morgan fingerprint density at radius 1 is 0.727 bits per heavy atom. The van der Waals surface area contributed by atoms with Crippen LogP contribution in [0.3, 0.4) is 0 Å². The maximum atomic E-state index is 10.6. The van der Waals surface area contributed by atoms with Crippen LogP contribution in [0.15, 0.2) is 84.9 Å². The molecule has 0 aromatic heterocycles. The molecule has 4 nitrogen and oxygen atoms in total. The van der Waals surface area contributed by atoms with E-state index in [1.54, 1.807) is 0 Å². The first-order chi connectivity index (χ1) is 16.1. The Morgan fingerprint density at radius 2 is 1.27 bits per heavy atom. The molecule has 0 saturated carbocycles. The lowest BCUT2D eigenvalue weighted by atomic mass is 9.96. The van der Waals surface area contributed by atoms with E-state index in [0.29, 0.717) is 19.1 Å². The normalized spacial score (nSPS) is 16.3. The molecule has 1 saturated heterocycles. The second-order valence-electron chi connectivity index (χ2n) is 9.25. The summed E-state index contributed by atoms with van der Waals surface area (Å²) in [5.41, 5.74) is 3.95. The van der Waals surface area contributed by atoms with Crippen LogP contribution >= 0.6 is 0 Å². The van der Waals surface area contributed by atoms with Crippen LogP contribution in [0.2, 0.25) is 0 Å². The summed E-state index contributed by atoms with van der Waals surface area (Å²) < 4.78 is 5.83. The van der Waals surface area contributed by atoms with Gasteiger partial charge >= 0.3 is 0 Å². The molecule has 0 amide bonds. The largest absolute Gasteiger partial charge is 0.491 e. The van der Waals surface area contributed by atoms with E-state index in [-0.39, 0.29) is 6.04 Å². The van der Waals surface area contributed by atoms with Crippen molar-refractivity contribution >= 4 is 0 Å². The van der Waals surface area contributed by atoms with Gasteiger partial charge in [-0.3, -0.25) is 9.80 Å². The standard InChI is InChI=1S/C29H36N2O2/c1-23(2)24-13-15-28(16-14-24)33-22-27(32)21-30-17-19-31(20-18-30)29(25-9-5-3-6-10-25)26-11-7-4-8-12-26/h3-16,23,27,29,32H,17-22H2,1-2H3. The molecule has 3 aromatic rings. The number of hydrogen-bond donors (Lipinski definition) is 1. The summed E-state index contributed by atoms with van der Waals surface area (Å²) >= 11 is 0. The van der Waals surface area contributed by atoms with E-state index in [1.165, 1.54) is 16.7 Å². The lowest BCUT2D eigenvalue weighted by molar-refractivity contribution is 0.0401. The summed E-state index contributed by atoms with van der Waals surface area (Å²) in [6.45, 7) is 9.14. The van der Waals surface area contributed by atoms with E-state index in [9.17, 15) is 5.11 Å². The molecule has 1 heterocycles. The van der Waals surface area contributed by atoms with Crippen molar-refractivity contribution in [2.45, 2.75) is 31.9 Å². The molecular formula is C29H36N2O2. The highest BCUT2D eigenvalue weighted by atomic mass is 16.5. The van der Waals surface area contributed by atoms with Crippen molar-refractivity contribution in [3.05, 3.63) is 102 Å². The molecule has 0 bridgehead atoms. The van der Waals surface area contributed by atoms with Gasteiger partial charge in [0.2, 0.25) is 0 Å². The summed E-state index contributed by atoms with van der Waals surface area (Å²) in [6, 6.07) is 30.0. The van der Waals surface area contributed by atoms with Crippen LogP contribution in [0.5, 0.6) is 5.75 Å². The van der Waals surface area contributed by atoms with Crippen molar-refractivity contribution in [2.75, 3.05) is 39.3 Å². The van der Waals surface area contributed by atoms with Gasteiger partial charge in [-0.25, -0.2) is 0 Å². The van der Waals surface area contributed by atoms with Crippen molar-refractivity contribution in [1.29, 1.82) is 0 Å². The van der Waals surface area contributed by atoms with Gasteiger partial charge in [0.05, 0.1) is 6.04 Å². The third-order valence-corrected chi connectivity index (χ3v) is 6.46. The lowest BCUT2D eigenvalue weighted by Gasteiger charge is -2.40. The fraction of sp³-hybridized carbons (Fsp3) is 0.379. The molecule has 0 aliphatic carbocycles. The number of rotatable bonds is 9. The summed E-state index contributed by atoms with van der Waals surface area (Å²) in [7, 11) is 0. The van der Waals surface area contributed by atoms with E-state index >= 15 is 0 Å². The smallest absolute Gasteiger partial charge is 0.119 e. The Labute approximate surface area is 198 Å². The zero-order valence-corrected chi connectivity index (χ0v) is 19.8. The van der Waals surface area contributed by atoms with Gasteiger partial charge in [0.15, 0.2) is 0 Å². The van der Waals surface area contributed by atoms with Gasteiger partial charge in [-0.1, -0.05) is 86.6 Å². The van der Waals surface area contributed by atoms with Crippen LogP contribution < -0.4 is 4.74 Å². The topological polar surface area (TPSA) is 35.9 Å². The predicted octanol–water partition coefficient (Wildman–Crippen LogP) is 4.96. The minimum atomic E-state index is -0.500. The fourth-order valence-electron chi connectivity index (χ4n) is 4.58. The quantitative estimate of drug-likeness (QED) is 0.506. The Bertz CT molecular complexity index is 912. The minimum absolute atomic E-state index is 0.261. The van der Waals surface area contributed by atoms with Crippen molar-refractivity contribution in [1.82, 2.24) is 9.80 Å². The fourth-order valence-corrected chi connectivity index (χ4v) is 4.58. The number of β-amino-alcohol motifs (C(OH)–C–C–N with tert-alkyl or cyclic N) is 1. The van der Waals surface area contributed by atoms with Gasteiger partial charge in [0.1, 0.15) is 18.5 Å². The van der Waals surface area contributed by atoms with Gasteiger partial charge in [0.25, 0.3) is 0 Å². The summed E-state index contributed by atoms with van der Waals surface area (Å²) in [5.74, 6) is 1.32. The molecule has 3 aromatic carbocycles. The molecule has 4 rings (SSSR count). The maximum Gasteiger partial charge on any atom is 0.119 e. The van der Waals surface area contributed by atoms with E-state index < -0.39 is 6.10 Å². The number of aliphatic hydroxyl groups is 1. The number of piperazine rings is 1. The van der Waals surface area contributed by atoms with Crippen LogP contribution in [0.1, 0.15) is 42.5 Å². The molecule has 1 fully saturated rings. The monoisotopic (exact) mass is 444 g/mol. The summed E-state index contributed by atoms with van der Waals surface area (Å²) in [4.78, 5) is 4.90. The number of ether oxygens (including phenoxy) is 1. The highest BCUT2D eigenvalue weighted by Gasteiger charge is 2.27. The number of nitrogens with zero attached hydrogens (tertiary/aromatic N) is 2. The predicted molar refractivity (Wildman–Crippen MR) is 135 cm³/mol. The molecule has 1 N–H and O–H groups in total. The van der Waals surface area contributed by atoms with E-state index in [4.69, 9.17) is 4.74 Å². The molecule has 1 atom stereocenters. The number of benzene rings is 3. The van der Waals surface area contributed by atoms with Crippen molar-refractivity contribution in [2.24, 2.45) is 0 Å². The van der Waals surface area contributed by atoms with Gasteiger partial charge in [-0.15, -0.1) is 0 Å². The van der Waals surface area contributed by atoms with E-state index in [0.717, 1.165) is 31.9 Å². The molecule has 1 aliphatic rings. The number of aliphatic hydroxyl groups excluding tert-OH is 1. The SMILES string of the molecule is CC(C)c1ccc(OCC(O)CN2CCN(C(c3ccccc3)c3ccccc3)CC2)cc1. The van der Waals surface area contributed by atoms with Crippen molar-refractivity contribution in [3.8, 4) is 5.75 Å². The van der Waals surface area contributed by atoms with Crippen LogP contribution in [0.4, 0.5) is 0 Å². The average molecular weight is 445 g/mol. The molecule has 33 heavy (non-hydrogen) atoms. The van der Waals surface area contributed by atoms with Gasteiger partial charge in [-0.2, -0.15) is 0 Å². The zero-order chi connectivity index (χ0) is 23.0. The zero-order valence-electron chi connectivity index (χ0n) is 19.8. The summed E-state index contributed by atoms with van der Waals surface area (Å²) in [6.07, 6.45) is -0.500. The highest BCUT2D eigenvalue weighted by Crippen LogP contribution is 2.29. The Hall–Kier alpha value is -2.66. The van der Waals surface area contributed by atoms with Crippen LogP contribution in [0, 0.1) is 0 Å². The van der Waals surface area contributed by atoms with E-state index in [2.05, 4.69) is 96.4 Å². The molecule has 0 radical (unpaired) electrons. The van der Waals surface area contributed by atoms with Crippen LogP contribution in [-0.2, 0) is 0 Å². The first kappa shape index (κ1) is 23.5. The second-order valence-corrected chi connectivity index (χ2v) is 9.25. The Kier molecular flexibility index (Phi) is 8.16. The average Bonchev–Trinajstić information content (AvgIpc) is 2.85. The van der Waals surface area contributed by atoms with Crippen LogP contribution in [-0.4, -0.2) is 60.3 Å². The summed E-state index contributed by atoms with van der Waals surface area (Å²) in [5, 5.41) is 10.6. The minimum Gasteiger partial charge on any atom is -0.491 e. The molecule has 1 unspecified atom stereocenters. The molecule has 174 valence electrons. The lowest BCUT2D eigenvalue weighted by Crippen LogP contribution is -2.50. The highest BCUT2D eigenvalue weighted by molar-refractivity contribution is 5.32. The maximum absolute atomic E-state index is 10.6. The van der Waals surface area contributed by atoms with Crippen LogP contribution in [0.25, 0.3) is 0 Å². The van der Waals surface area contributed by atoms with E-state index in [1.807, 2.05) is 12.1 Å². The first-order valence-electron chi connectivity index (χ1n) is 12.1. The third-order valence-electron chi connectivity index (χ3n) is 6.46. The Morgan fingerprint density at radius 3 is 1.79 bits per heavy atom. The van der Waals surface area contributed by atoms with Gasteiger partial charge < -0.3 is 9.84 Å². The van der Waals surface area contributed by atoms with Gasteiger partial charge in [-0.05, 0) is 34.7 Å².